The summed E-state index contributed by atoms with van der Waals surface area (Å²) in [6.07, 6.45) is 0. The number of hydrogen-bond donors (Lipinski definition) is 1. The van der Waals surface area contributed by atoms with Crippen molar-refractivity contribution in [2.24, 2.45) is 0 Å². The van der Waals surface area contributed by atoms with Crippen molar-refractivity contribution < 1.29 is 9.13 Å². The van der Waals surface area contributed by atoms with Gasteiger partial charge in [-0.15, -0.1) is 0 Å². The lowest BCUT2D eigenvalue weighted by Gasteiger charge is -2.12. The van der Waals surface area contributed by atoms with E-state index in [-0.39, 0.29) is 12.4 Å². The van der Waals surface area contributed by atoms with Crippen molar-refractivity contribution >= 4 is 40.5 Å². The Bertz CT molecular complexity index is 611. The van der Waals surface area contributed by atoms with Crippen LogP contribution in [0.5, 0.6) is 5.75 Å². The van der Waals surface area contributed by atoms with E-state index in [2.05, 4.69) is 5.32 Å². The molecule has 0 radical (unpaired) electrons. The Labute approximate surface area is 131 Å². The van der Waals surface area contributed by atoms with Crippen LogP contribution in [0.3, 0.4) is 0 Å². The van der Waals surface area contributed by atoms with Crippen molar-refractivity contribution in [1.29, 1.82) is 0 Å². The molecule has 2 aromatic carbocycles. The minimum absolute atomic E-state index is 0.247. The first-order valence-electron chi connectivity index (χ1n) is 5.72. The van der Waals surface area contributed by atoms with Gasteiger partial charge in [-0.3, -0.25) is 0 Å². The van der Waals surface area contributed by atoms with Crippen molar-refractivity contribution in [2.75, 3.05) is 12.4 Å². The number of methoxy groups -OCH3 is 1. The van der Waals surface area contributed by atoms with E-state index in [1.54, 1.807) is 24.3 Å². The summed E-state index contributed by atoms with van der Waals surface area (Å²) in [5.74, 6) is 0.104. The zero-order chi connectivity index (χ0) is 14.7. The first-order chi connectivity index (χ1) is 9.51. The van der Waals surface area contributed by atoms with Crippen LogP contribution in [0.1, 0.15) is 5.56 Å². The second-order valence-electron chi connectivity index (χ2n) is 4.06. The fraction of sp³-hybridized carbons (Fsp3) is 0.143. The topological polar surface area (TPSA) is 21.3 Å². The van der Waals surface area contributed by atoms with E-state index in [9.17, 15) is 4.39 Å². The molecule has 2 rings (SSSR count). The minimum atomic E-state index is -0.363. The first-order valence-corrected chi connectivity index (χ1v) is 6.85. The Morgan fingerprint density at radius 3 is 2.30 bits per heavy atom. The molecule has 0 aliphatic carbocycles. The van der Waals surface area contributed by atoms with Crippen LogP contribution >= 0.6 is 34.8 Å². The van der Waals surface area contributed by atoms with Gasteiger partial charge in [-0.2, -0.15) is 0 Å². The highest BCUT2D eigenvalue weighted by Crippen LogP contribution is 2.34. The number of benzene rings is 2. The van der Waals surface area contributed by atoms with Crippen LogP contribution in [0, 0.1) is 5.82 Å². The van der Waals surface area contributed by atoms with Gasteiger partial charge in [0, 0.05) is 23.2 Å². The smallest absolute Gasteiger partial charge is 0.131 e. The molecule has 0 bridgehead atoms. The first kappa shape index (κ1) is 15.2. The molecule has 0 saturated carbocycles. The van der Waals surface area contributed by atoms with Gasteiger partial charge in [0.15, 0.2) is 0 Å². The zero-order valence-electron chi connectivity index (χ0n) is 10.5. The number of halogens is 4. The number of hydrogen-bond acceptors (Lipinski definition) is 2. The molecule has 0 spiro atoms. The third-order valence-corrected chi connectivity index (χ3v) is 3.54. The molecule has 6 heteroatoms. The van der Waals surface area contributed by atoms with Crippen molar-refractivity contribution in [3.63, 3.8) is 0 Å². The lowest BCUT2D eigenvalue weighted by molar-refractivity contribution is 0.411. The normalized spacial score (nSPS) is 10.4. The predicted molar refractivity (Wildman–Crippen MR) is 81.8 cm³/mol. The fourth-order valence-corrected chi connectivity index (χ4v) is 2.64. The molecule has 1 N–H and O–H groups in total. The maximum atomic E-state index is 13.8. The summed E-state index contributed by atoms with van der Waals surface area (Å²) in [5.41, 5.74) is 1.00. The minimum Gasteiger partial charge on any atom is -0.497 e. The van der Waals surface area contributed by atoms with Crippen LogP contribution in [0.4, 0.5) is 10.1 Å². The molecule has 0 amide bonds. The Morgan fingerprint density at radius 2 is 1.75 bits per heavy atom. The van der Waals surface area contributed by atoms with E-state index in [1.165, 1.54) is 13.2 Å². The maximum Gasteiger partial charge on any atom is 0.131 e. The van der Waals surface area contributed by atoms with Gasteiger partial charge >= 0.3 is 0 Å². The molecule has 2 aromatic rings. The SMILES string of the molecule is COc1ccc(CNc2c(Cl)cc(Cl)cc2Cl)c(F)c1. The van der Waals surface area contributed by atoms with Crippen molar-refractivity contribution in [3.8, 4) is 5.75 Å². The molecule has 0 atom stereocenters. The maximum absolute atomic E-state index is 13.8. The van der Waals surface area contributed by atoms with Crippen LogP contribution < -0.4 is 10.1 Å². The highest BCUT2D eigenvalue weighted by Gasteiger charge is 2.09. The largest absolute Gasteiger partial charge is 0.497 e. The predicted octanol–water partition coefficient (Wildman–Crippen LogP) is 5.41. The number of rotatable bonds is 4. The second kappa shape index (κ2) is 6.53. The van der Waals surface area contributed by atoms with Gasteiger partial charge in [-0.05, 0) is 18.2 Å². The number of anilines is 1. The molecular weight excluding hydrogens is 324 g/mol. The number of nitrogens with one attached hydrogen (secondary N) is 1. The molecule has 106 valence electrons. The Hall–Kier alpha value is -1.16. The Morgan fingerprint density at radius 1 is 1.10 bits per heavy atom. The van der Waals surface area contributed by atoms with E-state index in [0.717, 1.165) is 0 Å². The van der Waals surface area contributed by atoms with Crippen LogP contribution in [0.25, 0.3) is 0 Å². The Kier molecular flexibility index (Phi) is 4.97. The molecule has 2 nitrogen and oxygen atoms in total. The van der Waals surface area contributed by atoms with Crippen LogP contribution in [0.2, 0.25) is 15.1 Å². The highest BCUT2D eigenvalue weighted by molar-refractivity contribution is 6.41. The summed E-state index contributed by atoms with van der Waals surface area (Å²) < 4.78 is 18.7. The quantitative estimate of drug-likeness (QED) is 0.807. The standard InChI is InChI=1S/C14H11Cl3FNO/c1-20-10-3-2-8(13(18)6-10)7-19-14-11(16)4-9(15)5-12(14)17/h2-6,19H,7H2,1H3. The van der Waals surface area contributed by atoms with E-state index in [0.29, 0.717) is 32.1 Å². The van der Waals surface area contributed by atoms with Gasteiger partial charge in [-0.25, -0.2) is 4.39 Å². The summed E-state index contributed by atoms with van der Waals surface area (Å²) in [6.45, 7) is 0.247. The molecule has 20 heavy (non-hydrogen) atoms. The van der Waals surface area contributed by atoms with Gasteiger partial charge in [0.1, 0.15) is 11.6 Å². The molecule has 0 fully saturated rings. The third kappa shape index (κ3) is 3.48. The summed E-state index contributed by atoms with van der Waals surface area (Å²) in [7, 11) is 1.49. The van der Waals surface area contributed by atoms with Gasteiger partial charge < -0.3 is 10.1 Å². The summed E-state index contributed by atoms with van der Waals surface area (Å²) >= 11 is 17.9. The van der Waals surface area contributed by atoms with Crippen molar-refractivity contribution in [1.82, 2.24) is 0 Å². The molecule has 0 aliphatic rings. The molecule has 0 aliphatic heterocycles. The van der Waals surface area contributed by atoms with Gasteiger partial charge in [0.2, 0.25) is 0 Å². The van der Waals surface area contributed by atoms with Crippen molar-refractivity contribution in [2.45, 2.75) is 6.54 Å². The van der Waals surface area contributed by atoms with Gasteiger partial charge in [0.25, 0.3) is 0 Å². The second-order valence-corrected chi connectivity index (χ2v) is 5.31. The molecule has 0 unspecified atom stereocenters. The molecule has 0 saturated heterocycles. The summed E-state index contributed by atoms with van der Waals surface area (Å²) in [4.78, 5) is 0. The monoisotopic (exact) mass is 333 g/mol. The Balaban J connectivity index is 2.17. The van der Waals surface area contributed by atoms with Gasteiger partial charge in [0.05, 0.1) is 22.8 Å². The van der Waals surface area contributed by atoms with Crippen LogP contribution in [-0.4, -0.2) is 7.11 Å². The summed E-state index contributed by atoms with van der Waals surface area (Å²) in [6, 6.07) is 7.79. The zero-order valence-corrected chi connectivity index (χ0v) is 12.8. The van der Waals surface area contributed by atoms with E-state index >= 15 is 0 Å². The lowest BCUT2D eigenvalue weighted by Crippen LogP contribution is -2.03. The lowest BCUT2D eigenvalue weighted by atomic mass is 10.2. The highest BCUT2D eigenvalue weighted by atomic mass is 35.5. The van der Waals surface area contributed by atoms with E-state index in [1.807, 2.05) is 0 Å². The average molecular weight is 335 g/mol. The fourth-order valence-electron chi connectivity index (χ4n) is 1.69. The molecular formula is C14H11Cl3FNO. The molecule has 0 aromatic heterocycles. The summed E-state index contributed by atoms with van der Waals surface area (Å²) in [5, 5.41) is 4.22. The third-order valence-electron chi connectivity index (χ3n) is 2.72. The average Bonchev–Trinajstić information content (AvgIpc) is 2.39. The van der Waals surface area contributed by atoms with E-state index < -0.39 is 0 Å². The van der Waals surface area contributed by atoms with Crippen LogP contribution in [-0.2, 0) is 6.54 Å². The van der Waals surface area contributed by atoms with Crippen molar-refractivity contribution in [3.05, 3.63) is 56.8 Å². The number of ether oxygens (including phenoxy) is 1. The molecule has 0 heterocycles. The van der Waals surface area contributed by atoms with Crippen LogP contribution in [0.15, 0.2) is 30.3 Å². The van der Waals surface area contributed by atoms with E-state index in [4.69, 9.17) is 39.5 Å². The van der Waals surface area contributed by atoms with Gasteiger partial charge in [-0.1, -0.05) is 40.9 Å².